The minimum absolute atomic E-state index is 0.112. The normalized spacial score (nSPS) is 13.1. The first-order valence-electron chi connectivity index (χ1n) is 7.87. The molecule has 0 bridgehead atoms. The van der Waals surface area contributed by atoms with Gasteiger partial charge in [-0.15, -0.1) is 0 Å². The summed E-state index contributed by atoms with van der Waals surface area (Å²) in [5, 5.41) is 0. The first-order valence-corrected chi connectivity index (χ1v) is 9.35. The fourth-order valence-corrected chi connectivity index (χ4v) is 4.08. The van der Waals surface area contributed by atoms with Gasteiger partial charge < -0.3 is 0 Å². The monoisotopic (exact) mass is 332 g/mol. The second kappa shape index (κ2) is 6.96. The van der Waals surface area contributed by atoms with Gasteiger partial charge in [0, 0.05) is 22.3 Å². The Bertz CT molecular complexity index is 688. The number of halogens is 1. The van der Waals surface area contributed by atoms with Crippen LogP contribution in [0.25, 0.3) is 0 Å². The van der Waals surface area contributed by atoms with Crippen molar-refractivity contribution in [1.82, 2.24) is 0 Å². The molecule has 2 aromatic rings. The van der Waals surface area contributed by atoms with Crippen molar-refractivity contribution in [2.24, 2.45) is 0 Å². The topological polar surface area (TPSA) is 17.1 Å². The summed E-state index contributed by atoms with van der Waals surface area (Å²) >= 11 is 0. The second-order valence-corrected chi connectivity index (χ2v) is 8.65. The third-order valence-corrected chi connectivity index (χ3v) is 5.37. The summed E-state index contributed by atoms with van der Waals surface area (Å²) in [6.45, 7) is 10.8. The standard InChI is InChI=1S/C20H25FOS/c1-14-10-17(20(3,4)5)11-15(2)19(14)13-23(22)12-16-6-8-18(21)9-7-16/h6-11H,12-13H2,1-5H3/t23-/m0/s1. The van der Waals surface area contributed by atoms with Crippen molar-refractivity contribution < 1.29 is 8.60 Å². The van der Waals surface area contributed by atoms with E-state index in [-0.39, 0.29) is 11.2 Å². The van der Waals surface area contributed by atoms with Crippen LogP contribution >= 0.6 is 0 Å². The molecule has 2 aromatic carbocycles. The number of hydrogen-bond acceptors (Lipinski definition) is 1. The van der Waals surface area contributed by atoms with E-state index in [0.717, 1.165) is 5.56 Å². The Balaban J connectivity index is 2.16. The van der Waals surface area contributed by atoms with Gasteiger partial charge in [-0.3, -0.25) is 4.21 Å². The van der Waals surface area contributed by atoms with Gasteiger partial charge in [0.15, 0.2) is 0 Å². The Kier molecular flexibility index (Phi) is 5.41. The van der Waals surface area contributed by atoms with Gasteiger partial charge in [-0.2, -0.15) is 0 Å². The summed E-state index contributed by atoms with van der Waals surface area (Å²) in [5.74, 6) is 0.739. The molecule has 0 unspecified atom stereocenters. The van der Waals surface area contributed by atoms with E-state index in [1.165, 1.54) is 34.4 Å². The van der Waals surface area contributed by atoms with E-state index in [2.05, 4.69) is 46.8 Å². The van der Waals surface area contributed by atoms with Crippen molar-refractivity contribution in [3.8, 4) is 0 Å². The minimum atomic E-state index is -0.999. The van der Waals surface area contributed by atoms with Crippen LogP contribution in [-0.2, 0) is 27.7 Å². The summed E-state index contributed by atoms with van der Waals surface area (Å²) in [6, 6.07) is 10.7. The molecule has 0 saturated carbocycles. The predicted molar refractivity (Wildman–Crippen MR) is 96.6 cm³/mol. The maximum atomic E-state index is 12.9. The van der Waals surface area contributed by atoms with Gasteiger partial charge in [0.25, 0.3) is 0 Å². The summed E-state index contributed by atoms with van der Waals surface area (Å²) in [6.07, 6.45) is 0. The molecule has 0 amide bonds. The van der Waals surface area contributed by atoms with Crippen molar-refractivity contribution in [2.75, 3.05) is 0 Å². The van der Waals surface area contributed by atoms with Crippen LogP contribution in [0.5, 0.6) is 0 Å². The molecular weight excluding hydrogens is 307 g/mol. The molecule has 0 N–H and O–H groups in total. The summed E-state index contributed by atoms with van der Waals surface area (Å²) in [7, 11) is -0.999. The molecule has 2 rings (SSSR count). The molecular formula is C20H25FOS. The fourth-order valence-electron chi connectivity index (χ4n) is 2.63. The van der Waals surface area contributed by atoms with E-state index in [0.29, 0.717) is 11.5 Å². The van der Waals surface area contributed by atoms with Crippen LogP contribution in [0.1, 0.15) is 48.6 Å². The van der Waals surface area contributed by atoms with E-state index < -0.39 is 10.8 Å². The van der Waals surface area contributed by atoms with E-state index in [1.54, 1.807) is 12.1 Å². The lowest BCUT2D eigenvalue weighted by Crippen LogP contribution is -2.13. The smallest absolute Gasteiger partial charge is 0.123 e. The molecule has 0 aliphatic carbocycles. The van der Waals surface area contributed by atoms with Crippen molar-refractivity contribution in [3.05, 3.63) is 70.0 Å². The van der Waals surface area contributed by atoms with Gasteiger partial charge in [0.1, 0.15) is 5.82 Å². The van der Waals surface area contributed by atoms with E-state index in [1.807, 2.05) is 0 Å². The molecule has 0 aromatic heterocycles. The molecule has 0 saturated heterocycles. The zero-order valence-electron chi connectivity index (χ0n) is 14.6. The SMILES string of the molecule is Cc1cc(C(C)(C)C)cc(C)c1C[S@@](=O)Cc1ccc(F)cc1. The van der Waals surface area contributed by atoms with Crippen LogP contribution in [-0.4, -0.2) is 4.21 Å². The Morgan fingerprint density at radius 1 is 0.957 bits per heavy atom. The number of hydrogen-bond donors (Lipinski definition) is 0. The lowest BCUT2D eigenvalue weighted by atomic mass is 9.84. The number of rotatable bonds is 4. The maximum Gasteiger partial charge on any atom is 0.123 e. The van der Waals surface area contributed by atoms with Crippen molar-refractivity contribution in [1.29, 1.82) is 0 Å². The van der Waals surface area contributed by atoms with Gasteiger partial charge in [0.05, 0.1) is 0 Å². The summed E-state index contributed by atoms with van der Waals surface area (Å²) in [4.78, 5) is 0. The average molecular weight is 332 g/mol. The number of aryl methyl sites for hydroxylation is 2. The van der Waals surface area contributed by atoms with Gasteiger partial charge in [-0.05, 0) is 59.2 Å². The fraction of sp³-hybridized carbons (Fsp3) is 0.400. The highest BCUT2D eigenvalue weighted by Gasteiger charge is 2.17. The average Bonchev–Trinajstić information content (AvgIpc) is 2.44. The Hall–Kier alpha value is -1.48. The molecule has 3 heteroatoms. The van der Waals surface area contributed by atoms with Gasteiger partial charge in [0.2, 0.25) is 0 Å². The molecule has 1 atom stereocenters. The van der Waals surface area contributed by atoms with Gasteiger partial charge in [-0.1, -0.05) is 45.0 Å². The minimum Gasteiger partial charge on any atom is -0.259 e. The lowest BCUT2D eigenvalue weighted by molar-refractivity contribution is 0.589. The molecule has 0 spiro atoms. The van der Waals surface area contributed by atoms with Crippen molar-refractivity contribution in [3.63, 3.8) is 0 Å². The highest BCUT2D eigenvalue weighted by atomic mass is 32.2. The molecule has 1 nitrogen and oxygen atoms in total. The third-order valence-electron chi connectivity index (χ3n) is 4.11. The third kappa shape index (κ3) is 4.74. The number of benzene rings is 2. The molecule has 0 radical (unpaired) electrons. The summed E-state index contributed by atoms with van der Waals surface area (Å²) < 4.78 is 25.4. The first-order chi connectivity index (χ1) is 10.7. The van der Waals surface area contributed by atoms with Crippen LogP contribution in [0, 0.1) is 19.7 Å². The maximum absolute atomic E-state index is 12.9. The van der Waals surface area contributed by atoms with Crippen LogP contribution in [0.4, 0.5) is 4.39 Å². The largest absolute Gasteiger partial charge is 0.259 e. The van der Waals surface area contributed by atoms with Crippen molar-refractivity contribution in [2.45, 2.75) is 51.5 Å². The zero-order chi connectivity index (χ0) is 17.2. The van der Waals surface area contributed by atoms with E-state index in [9.17, 15) is 8.60 Å². The molecule has 0 fully saturated rings. The van der Waals surface area contributed by atoms with Gasteiger partial charge in [-0.25, -0.2) is 4.39 Å². The second-order valence-electron chi connectivity index (χ2n) is 7.19. The Morgan fingerprint density at radius 3 is 1.96 bits per heavy atom. The molecule has 124 valence electrons. The predicted octanol–water partition coefficient (Wildman–Crippen LogP) is 5.19. The van der Waals surface area contributed by atoms with Crippen LogP contribution in [0.15, 0.2) is 36.4 Å². The highest BCUT2D eigenvalue weighted by molar-refractivity contribution is 7.83. The van der Waals surface area contributed by atoms with Crippen LogP contribution < -0.4 is 0 Å². The lowest BCUT2D eigenvalue weighted by Gasteiger charge is -2.22. The zero-order valence-corrected chi connectivity index (χ0v) is 15.4. The Labute approximate surface area is 141 Å². The van der Waals surface area contributed by atoms with Gasteiger partial charge >= 0.3 is 0 Å². The Morgan fingerprint density at radius 2 is 1.48 bits per heavy atom. The van der Waals surface area contributed by atoms with Crippen molar-refractivity contribution >= 4 is 10.8 Å². The molecule has 0 aliphatic rings. The molecule has 0 heterocycles. The molecule has 0 aliphatic heterocycles. The van der Waals surface area contributed by atoms with Crippen LogP contribution in [0.3, 0.4) is 0 Å². The summed E-state index contributed by atoms with van der Waals surface area (Å²) in [5.41, 5.74) is 5.89. The van der Waals surface area contributed by atoms with E-state index >= 15 is 0 Å². The van der Waals surface area contributed by atoms with E-state index in [4.69, 9.17) is 0 Å². The molecule has 23 heavy (non-hydrogen) atoms. The van der Waals surface area contributed by atoms with Crippen LogP contribution in [0.2, 0.25) is 0 Å². The highest BCUT2D eigenvalue weighted by Crippen LogP contribution is 2.27. The quantitative estimate of drug-likeness (QED) is 0.753. The first kappa shape index (κ1) is 17.9.